The van der Waals surface area contributed by atoms with Gasteiger partial charge in [0, 0.05) is 37.3 Å². The molecule has 1 atom stereocenters. The molecule has 2 aromatic carbocycles. The second kappa shape index (κ2) is 6.61. The third kappa shape index (κ3) is 3.54. The topological polar surface area (TPSA) is 53.5 Å². The van der Waals surface area contributed by atoms with Gasteiger partial charge in [-0.2, -0.15) is 0 Å². The van der Waals surface area contributed by atoms with Crippen molar-refractivity contribution in [2.75, 3.05) is 19.6 Å². The predicted octanol–water partition coefficient (Wildman–Crippen LogP) is 2.21. The average Bonchev–Trinajstić information content (AvgIpc) is 2.55. The number of ether oxygens (including phenoxy) is 1. The van der Waals surface area contributed by atoms with E-state index < -0.39 is 0 Å². The summed E-state index contributed by atoms with van der Waals surface area (Å²) in [7, 11) is 0. The second-order valence-electron chi connectivity index (χ2n) is 5.21. The Morgan fingerprint density at radius 2 is 1.95 bits per heavy atom. The minimum absolute atomic E-state index is 0.155. The zero-order valence-corrected chi connectivity index (χ0v) is 11.9. The van der Waals surface area contributed by atoms with E-state index in [0.717, 1.165) is 30.8 Å². The minimum Gasteiger partial charge on any atom is -0.507 e. The van der Waals surface area contributed by atoms with Crippen molar-refractivity contribution in [1.82, 2.24) is 10.6 Å². The first-order chi connectivity index (χ1) is 10.3. The van der Waals surface area contributed by atoms with Gasteiger partial charge in [-0.15, -0.1) is 0 Å². The molecular weight excluding hydrogens is 264 g/mol. The Labute approximate surface area is 124 Å². The Kier molecular flexibility index (Phi) is 4.38. The van der Waals surface area contributed by atoms with Crippen LogP contribution in [0, 0.1) is 0 Å². The molecule has 1 heterocycles. The number of hydrogen-bond donors (Lipinski definition) is 3. The first-order valence-corrected chi connectivity index (χ1v) is 7.26. The van der Waals surface area contributed by atoms with E-state index in [9.17, 15) is 5.11 Å². The van der Waals surface area contributed by atoms with Crippen LogP contribution in [-0.2, 0) is 6.61 Å². The van der Waals surface area contributed by atoms with Gasteiger partial charge >= 0.3 is 0 Å². The van der Waals surface area contributed by atoms with Crippen LogP contribution in [0.25, 0.3) is 0 Å². The van der Waals surface area contributed by atoms with Gasteiger partial charge in [0.15, 0.2) is 0 Å². The molecule has 0 amide bonds. The highest BCUT2D eigenvalue weighted by Gasteiger charge is 2.17. The van der Waals surface area contributed by atoms with Gasteiger partial charge in [-0.3, -0.25) is 0 Å². The van der Waals surface area contributed by atoms with Crippen LogP contribution in [0.3, 0.4) is 0 Å². The van der Waals surface area contributed by atoms with E-state index in [-0.39, 0.29) is 11.8 Å². The highest BCUT2D eigenvalue weighted by atomic mass is 16.5. The maximum Gasteiger partial charge on any atom is 0.124 e. The molecular formula is C17H20N2O2. The summed E-state index contributed by atoms with van der Waals surface area (Å²) in [5.41, 5.74) is 2.02. The lowest BCUT2D eigenvalue weighted by Gasteiger charge is -2.25. The number of nitrogens with one attached hydrogen (secondary N) is 2. The Balaban J connectivity index is 1.66. The van der Waals surface area contributed by atoms with Gasteiger partial charge in [0.25, 0.3) is 0 Å². The fourth-order valence-electron chi connectivity index (χ4n) is 2.52. The molecule has 110 valence electrons. The van der Waals surface area contributed by atoms with Crippen LogP contribution in [0.1, 0.15) is 17.2 Å². The maximum atomic E-state index is 10.2. The number of phenolic OH excluding ortho intramolecular Hbond substituents is 1. The van der Waals surface area contributed by atoms with E-state index >= 15 is 0 Å². The van der Waals surface area contributed by atoms with Gasteiger partial charge in [0.05, 0.1) is 0 Å². The smallest absolute Gasteiger partial charge is 0.124 e. The van der Waals surface area contributed by atoms with Crippen molar-refractivity contribution >= 4 is 0 Å². The summed E-state index contributed by atoms with van der Waals surface area (Å²) in [5, 5.41) is 16.9. The molecule has 4 heteroatoms. The van der Waals surface area contributed by atoms with E-state index in [1.165, 1.54) is 0 Å². The monoisotopic (exact) mass is 284 g/mol. The second-order valence-corrected chi connectivity index (χ2v) is 5.21. The lowest BCUT2D eigenvalue weighted by molar-refractivity contribution is 0.303. The largest absolute Gasteiger partial charge is 0.507 e. The summed E-state index contributed by atoms with van der Waals surface area (Å²) in [6.07, 6.45) is 0. The van der Waals surface area contributed by atoms with E-state index in [4.69, 9.17) is 4.74 Å². The molecule has 1 aliphatic heterocycles. The maximum absolute atomic E-state index is 10.2. The first-order valence-electron chi connectivity index (χ1n) is 7.26. The molecule has 4 nitrogen and oxygen atoms in total. The summed E-state index contributed by atoms with van der Waals surface area (Å²) in [6.45, 7) is 3.21. The summed E-state index contributed by atoms with van der Waals surface area (Å²) in [4.78, 5) is 0. The van der Waals surface area contributed by atoms with Crippen molar-refractivity contribution < 1.29 is 9.84 Å². The Bertz CT molecular complexity index is 581. The zero-order valence-electron chi connectivity index (χ0n) is 11.9. The summed E-state index contributed by atoms with van der Waals surface area (Å²) < 4.78 is 5.72. The molecule has 0 spiro atoms. The quantitative estimate of drug-likeness (QED) is 0.806. The minimum atomic E-state index is 0.155. The van der Waals surface area contributed by atoms with E-state index in [2.05, 4.69) is 10.6 Å². The van der Waals surface area contributed by atoms with Crippen LogP contribution < -0.4 is 15.4 Å². The Morgan fingerprint density at radius 3 is 2.67 bits per heavy atom. The molecule has 0 radical (unpaired) electrons. The molecule has 1 fully saturated rings. The summed E-state index contributed by atoms with van der Waals surface area (Å²) >= 11 is 0. The molecule has 0 saturated carbocycles. The average molecular weight is 284 g/mol. The molecule has 0 bridgehead atoms. The van der Waals surface area contributed by atoms with Crippen LogP contribution in [0.4, 0.5) is 0 Å². The van der Waals surface area contributed by atoms with Crippen molar-refractivity contribution in [3.8, 4) is 11.5 Å². The summed E-state index contributed by atoms with van der Waals surface area (Å²) in [5.74, 6) is 0.964. The molecule has 0 aliphatic carbocycles. The number of piperazine rings is 1. The van der Waals surface area contributed by atoms with Gasteiger partial charge in [-0.05, 0) is 11.6 Å². The normalized spacial score (nSPS) is 18.4. The molecule has 21 heavy (non-hydrogen) atoms. The number of phenols is 1. The number of aromatic hydroxyl groups is 1. The fourth-order valence-corrected chi connectivity index (χ4v) is 2.52. The van der Waals surface area contributed by atoms with Gasteiger partial charge in [-0.25, -0.2) is 0 Å². The van der Waals surface area contributed by atoms with Crippen LogP contribution in [0.5, 0.6) is 11.5 Å². The van der Waals surface area contributed by atoms with E-state index in [1.807, 2.05) is 42.5 Å². The van der Waals surface area contributed by atoms with Gasteiger partial charge < -0.3 is 20.5 Å². The van der Waals surface area contributed by atoms with Gasteiger partial charge in [-0.1, -0.05) is 36.4 Å². The van der Waals surface area contributed by atoms with Crippen LogP contribution >= 0.6 is 0 Å². The molecule has 0 aromatic heterocycles. The van der Waals surface area contributed by atoms with Crippen molar-refractivity contribution in [3.05, 3.63) is 59.7 Å². The molecule has 1 aliphatic rings. The molecule has 3 N–H and O–H groups in total. The highest BCUT2D eigenvalue weighted by Crippen LogP contribution is 2.29. The fraction of sp³-hybridized carbons (Fsp3) is 0.294. The van der Waals surface area contributed by atoms with Crippen molar-refractivity contribution in [1.29, 1.82) is 0 Å². The number of rotatable bonds is 4. The van der Waals surface area contributed by atoms with Gasteiger partial charge in [0.1, 0.15) is 18.1 Å². The first kappa shape index (κ1) is 13.9. The zero-order chi connectivity index (χ0) is 14.5. The SMILES string of the molecule is Oc1cc(OCc2ccccc2)ccc1[C@@H]1CNCCN1. The third-order valence-electron chi connectivity index (χ3n) is 3.67. The Morgan fingerprint density at radius 1 is 1.10 bits per heavy atom. The predicted molar refractivity (Wildman–Crippen MR) is 82.5 cm³/mol. The third-order valence-corrected chi connectivity index (χ3v) is 3.67. The Hall–Kier alpha value is -2.04. The molecule has 1 saturated heterocycles. The van der Waals surface area contributed by atoms with Crippen molar-refractivity contribution in [3.63, 3.8) is 0 Å². The van der Waals surface area contributed by atoms with Crippen LogP contribution in [-0.4, -0.2) is 24.7 Å². The van der Waals surface area contributed by atoms with Crippen LogP contribution in [0.15, 0.2) is 48.5 Å². The standard InChI is InChI=1S/C17H20N2O2/c20-17-10-14(21-12-13-4-2-1-3-5-13)6-7-15(17)16-11-18-8-9-19-16/h1-7,10,16,18-20H,8-9,11-12H2/t16-/m0/s1. The lowest BCUT2D eigenvalue weighted by atomic mass is 10.0. The number of hydrogen-bond acceptors (Lipinski definition) is 4. The number of benzene rings is 2. The molecule has 2 aromatic rings. The summed E-state index contributed by atoms with van der Waals surface area (Å²) in [6, 6.07) is 15.7. The van der Waals surface area contributed by atoms with Crippen molar-refractivity contribution in [2.45, 2.75) is 12.6 Å². The lowest BCUT2D eigenvalue weighted by Crippen LogP contribution is -2.42. The van der Waals surface area contributed by atoms with Gasteiger partial charge in [0.2, 0.25) is 0 Å². The van der Waals surface area contributed by atoms with Crippen LogP contribution in [0.2, 0.25) is 0 Å². The highest BCUT2D eigenvalue weighted by molar-refractivity contribution is 5.42. The van der Waals surface area contributed by atoms with Crippen molar-refractivity contribution in [2.24, 2.45) is 0 Å². The molecule has 0 unspecified atom stereocenters. The van der Waals surface area contributed by atoms with E-state index in [1.54, 1.807) is 6.07 Å². The van der Waals surface area contributed by atoms with E-state index in [0.29, 0.717) is 12.4 Å². The molecule has 3 rings (SSSR count).